The molecule has 28 heavy (non-hydrogen) atoms. The molecule has 1 aliphatic rings. The maximum Gasteiger partial charge on any atom is 0.230 e. The standard InChI is InChI=1S/C21H24N4OS2/c1-24-7-9-25(10-8-24)13-16-2-4-18(5-3-16)22-20(26)12-19-15-28-21(23-19)17-6-11-27-14-17/h2-6,11,14-15H,7-10,12-13H2,1H3,(H,22,26). The van der Waals surface area contributed by atoms with Crippen molar-refractivity contribution in [3.63, 3.8) is 0 Å². The Hall–Kier alpha value is -2.06. The zero-order valence-electron chi connectivity index (χ0n) is 15.9. The third-order valence-corrected chi connectivity index (χ3v) is 6.52. The van der Waals surface area contributed by atoms with Crippen molar-refractivity contribution in [2.75, 3.05) is 38.5 Å². The first-order valence-corrected chi connectivity index (χ1v) is 11.2. The summed E-state index contributed by atoms with van der Waals surface area (Å²) >= 11 is 3.24. The zero-order chi connectivity index (χ0) is 19.3. The van der Waals surface area contributed by atoms with Gasteiger partial charge in [0.25, 0.3) is 0 Å². The van der Waals surface area contributed by atoms with E-state index in [2.05, 4.69) is 50.7 Å². The molecular weight excluding hydrogens is 388 g/mol. The van der Waals surface area contributed by atoms with Crippen LogP contribution in [-0.4, -0.2) is 53.9 Å². The van der Waals surface area contributed by atoms with Gasteiger partial charge in [-0.1, -0.05) is 12.1 Å². The summed E-state index contributed by atoms with van der Waals surface area (Å²) in [7, 11) is 2.17. The number of rotatable bonds is 6. The van der Waals surface area contributed by atoms with Gasteiger partial charge in [0, 0.05) is 54.7 Å². The number of nitrogens with zero attached hydrogens (tertiary/aromatic N) is 3. The Bertz CT molecular complexity index is 897. The van der Waals surface area contributed by atoms with Gasteiger partial charge in [0.1, 0.15) is 5.01 Å². The van der Waals surface area contributed by atoms with Gasteiger partial charge in [0.05, 0.1) is 12.1 Å². The van der Waals surface area contributed by atoms with Crippen LogP contribution in [0.5, 0.6) is 0 Å². The molecule has 3 heterocycles. The van der Waals surface area contributed by atoms with Crippen molar-refractivity contribution >= 4 is 34.3 Å². The molecule has 1 saturated heterocycles. The predicted octanol–water partition coefficient (Wildman–Crippen LogP) is 3.80. The lowest BCUT2D eigenvalue weighted by molar-refractivity contribution is -0.115. The molecule has 0 bridgehead atoms. The number of thiazole rings is 1. The van der Waals surface area contributed by atoms with Gasteiger partial charge < -0.3 is 10.2 Å². The number of anilines is 1. The third-order valence-electron chi connectivity index (χ3n) is 4.90. The van der Waals surface area contributed by atoms with Gasteiger partial charge in [-0.05, 0) is 36.2 Å². The van der Waals surface area contributed by atoms with E-state index in [0.717, 1.165) is 54.7 Å². The van der Waals surface area contributed by atoms with E-state index < -0.39 is 0 Å². The molecule has 0 spiro atoms. The van der Waals surface area contributed by atoms with Crippen molar-refractivity contribution < 1.29 is 4.79 Å². The monoisotopic (exact) mass is 412 g/mol. The highest BCUT2D eigenvalue weighted by molar-refractivity contribution is 7.14. The quantitative estimate of drug-likeness (QED) is 0.669. The summed E-state index contributed by atoms with van der Waals surface area (Å²) in [6.07, 6.45) is 0.295. The Morgan fingerprint density at radius 2 is 1.89 bits per heavy atom. The molecule has 1 N–H and O–H groups in total. The van der Waals surface area contributed by atoms with Crippen molar-refractivity contribution in [1.29, 1.82) is 0 Å². The fraction of sp³-hybridized carbons (Fsp3) is 0.333. The molecule has 0 unspecified atom stereocenters. The predicted molar refractivity (Wildman–Crippen MR) is 117 cm³/mol. The fourth-order valence-corrected chi connectivity index (χ4v) is 4.77. The van der Waals surface area contributed by atoms with Crippen molar-refractivity contribution in [1.82, 2.24) is 14.8 Å². The molecule has 1 aliphatic heterocycles. The molecule has 5 nitrogen and oxygen atoms in total. The number of benzene rings is 1. The molecule has 0 saturated carbocycles. The molecule has 0 radical (unpaired) electrons. The number of carbonyl (C=O) groups is 1. The maximum absolute atomic E-state index is 12.4. The second-order valence-electron chi connectivity index (χ2n) is 7.16. The van der Waals surface area contributed by atoms with Crippen LogP contribution in [0.2, 0.25) is 0 Å². The Kier molecular flexibility index (Phi) is 6.17. The number of amides is 1. The minimum absolute atomic E-state index is 0.0333. The van der Waals surface area contributed by atoms with Crippen molar-refractivity contribution in [3.8, 4) is 10.6 Å². The van der Waals surface area contributed by atoms with Crippen LogP contribution in [0, 0.1) is 0 Å². The van der Waals surface area contributed by atoms with Crippen LogP contribution >= 0.6 is 22.7 Å². The lowest BCUT2D eigenvalue weighted by atomic mass is 10.1. The van der Waals surface area contributed by atoms with Gasteiger partial charge in [-0.2, -0.15) is 11.3 Å². The number of likely N-dealkylation sites (N-methyl/N-ethyl adjacent to an activating group) is 1. The minimum Gasteiger partial charge on any atom is -0.326 e. The Balaban J connectivity index is 1.28. The van der Waals surface area contributed by atoms with E-state index in [0.29, 0.717) is 6.42 Å². The molecule has 146 valence electrons. The van der Waals surface area contributed by atoms with E-state index in [4.69, 9.17) is 0 Å². The number of nitrogens with one attached hydrogen (secondary N) is 1. The number of carbonyl (C=O) groups excluding carboxylic acids is 1. The molecule has 2 aromatic heterocycles. The topological polar surface area (TPSA) is 48.5 Å². The van der Waals surface area contributed by atoms with Crippen LogP contribution in [0.4, 0.5) is 5.69 Å². The normalized spacial score (nSPS) is 15.6. The minimum atomic E-state index is -0.0333. The number of piperazine rings is 1. The van der Waals surface area contributed by atoms with Crippen LogP contribution in [0.25, 0.3) is 10.6 Å². The van der Waals surface area contributed by atoms with E-state index in [-0.39, 0.29) is 5.91 Å². The summed E-state index contributed by atoms with van der Waals surface area (Å²) in [6, 6.07) is 10.2. The van der Waals surface area contributed by atoms with Crippen LogP contribution in [0.15, 0.2) is 46.5 Å². The Morgan fingerprint density at radius 1 is 1.11 bits per heavy atom. The SMILES string of the molecule is CN1CCN(Cc2ccc(NC(=O)Cc3csc(-c4ccsc4)n3)cc2)CC1. The second-order valence-corrected chi connectivity index (χ2v) is 8.80. The van der Waals surface area contributed by atoms with E-state index in [9.17, 15) is 4.79 Å². The van der Waals surface area contributed by atoms with Crippen molar-refractivity contribution in [2.24, 2.45) is 0 Å². The lowest BCUT2D eigenvalue weighted by Gasteiger charge is -2.32. The van der Waals surface area contributed by atoms with Crippen LogP contribution in [0.3, 0.4) is 0 Å². The number of hydrogen-bond acceptors (Lipinski definition) is 6. The Labute approximate surface area is 173 Å². The largest absolute Gasteiger partial charge is 0.326 e. The number of thiophene rings is 1. The molecule has 4 rings (SSSR count). The number of hydrogen-bond donors (Lipinski definition) is 1. The Morgan fingerprint density at radius 3 is 2.61 bits per heavy atom. The average molecular weight is 413 g/mol. The summed E-state index contributed by atoms with van der Waals surface area (Å²) in [5.74, 6) is -0.0333. The molecule has 1 aromatic carbocycles. The molecular formula is C21H24N4OS2. The summed E-state index contributed by atoms with van der Waals surface area (Å²) in [5.41, 5.74) is 4.05. The van der Waals surface area contributed by atoms with Crippen molar-refractivity contribution in [3.05, 3.63) is 57.7 Å². The first-order chi connectivity index (χ1) is 13.7. The molecule has 7 heteroatoms. The van der Waals surface area contributed by atoms with Gasteiger partial charge in [0.15, 0.2) is 0 Å². The second kappa shape index (κ2) is 8.96. The fourth-order valence-electron chi connectivity index (χ4n) is 3.23. The molecule has 1 amide bonds. The summed E-state index contributed by atoms with van der Waals surface area (Å²) in [6.45, 7) is 5.43. The molecule has 0 atom stereocenters. The summed E-state index contributed by atoms with van der Waals surface area (Å²) in [4.78, 5) is 21.8. The van der Waals surface area contributed by atoms with Gasteiger partial charge in [-0.3, -0.25) is 9.69 Å². The highest BCUT2D eigenvalue weighted by atomic mass is 32.1. The van der Waals surface area contributed by atoms with E-state index in [1.165, 1.54) is 5.56 Å². The average Bonchev–Trinajstić information content (AvgIpc) is 3.37. The van der Waals surface area contributed by atoms with Gasteiger partial charge in [-0.25, -0.2) is 4.98 Å². The highest BCUT2D eigenvalue weighted by Crippen LogP contribution is 2.26. The van der Waals surface area contributed by atoms with Gasteiger partial charge >= 0.3 is 0 Å². The van der Waals surface area contributed by atoms with Gasteiger partial charge in [-0.15, -0.1) is 11.3 Å². The van der Waals surface area contributed by atoms with Crippen LogP contribution < -0.4 is 5.32 Å². The number of aromatic nitrogens is 1. The van der Waals surface area contributed by atoms with E-state index >= 15 is 0 Å². The third kappa shape index (κ3) is 5.05. The first-order valence-electron chi connectivity index (χ1n) is 9.42. The zero-order valence-corrected chi connectivity index (χ0v) is 17.6. The summed E-state index contributed by atoms with van der Waals surface area (Å²) < 4.78 is 0. The molecule has 1 fully saturated rings. The van der Waals surface area contributed by atoms with Gasteiger partial charge in [0.2, 0.25) is 5.91 Å². The lowest BCUT2D eigenvalue weighted by Crippen LogP contribution is -2.43. The molecule has 0 aliphatic carbocycles. The first kappa shape index (κ1) is 19.3. The highest BCUT2D eigenvalue weighted by Gasteiger charge is 2.14. The maximum atomic E-state index is 12.4. The summed E-state index contributed by atoms with van der Waals surface area (Å²) in [5, 5.41) is 10.0. The van der Waals surface area contributed by atoms with Crippen LogP contribution in [0.1, 0.15) is 11.3 Å². The van der Waals surface area contributed by atoms with E-state index in [1.807, 2.05) is 22.9 Å². The molecule has 3 aromatic rings. The smallest absolute Gasteiger partial charge is 0.230 e. The van der Waals surface area contributed by atoms with Crippen LogP contribution in [-0.2, 0) is 17.8 Å². The van der Waals surface area contributed by atoms with E-state index in [1.54, 1.807) is 22.7 Å². The van der Waals surface area contributed by atoms with Crippen molar-refractivity contribution in [2.45, 2.75) is 13.0 Å².